The molecule has 1 aliphatic heterocycles. The van der Waals surface area contributed by atoms with Crippen molar-refractivity contribution in [3.63, 3.8) is 0 Å². The van der Waals surface area contributed by atoms with Gasteiger partial charge in [0.2, 0.25) is 0 Å². The van der Waals surface area contributed by atoms with E-state index in [0.29, 0.717) is 12.1 Å². The summed E-state index contributed by atoms with van der Waals surface area (Å²) in [4.78, 5) is 17.3. The molecular formula is C23H23FIN3O2. The first kappa shape index (κ1) is 20.9. The molecule has 0 aliphatic carbocycles. The van der Waals surface area contributed by atoms with Crippen LogP contribution in [0.25, 0.3) is 0 Å². The van der Waals surface area contributed by atoms with Crippen molar-refractivity contribution in [1.82, 2.24) is 10.2 Å². The van der Waals surface area contributed by atoms with Crippen molar-refractivity contribution in [2.24, 2.45) is 0 Å². The van der Waals surface area contributed by atoms with Gasteiger partial charge in [-0.05, 0) is 71.1 Å². The number of rotatable bonds is 6. The SMILES string of the molecule is O=C(NCC(c1ccco1)N1CCN(c2ccc(F)cc2)CC1)c1ccccc1I. The third kappa shape index (κ3) is 4.84. The van der Waals surface area contributed by atoms with Crippen LogP contribution in [0.5, 0.6) is 0 Å². The zero-order valence-electron chi connectivity index (χ0n) is 16.4. The number of nitrogens with one attached hydrogen (secondary N) is 1. The normalized spacial score (nSPS) is 15.7. The molecule has 1 saturated heterocycles. The number of anilines is 1. The van der Waals surface area contributed by atoms with Crippen LogP contribution < -0.4 is 10.2 Å². The Morgan fingerprint density at radius 3 is 2.43 bits per heavy atom. The number of nitrogens with zero attached hydrogens (tertiary/aromatic N) is 2. The Kier molecular flexibility index (Phi) is 6.69. The van der Waals surface area contributed by atoms with Crippen LogP contribution in [0.4, 0.5) is 10.1 Å². The van der Waals surface area contributed by atoms with Gasteiger partial charge in [-0.1, -0.05) is 12.1 Å². The van der Waals surface area contributed by atoms with Gasteiger partial charge in [0, 0.05) is 42.0 Å². The highest BCUT2D eigenvalue weighted by atomic mass is 127. The number of hydrogen-bond donors (Lipinski definition) is 1. The fourth-order valence-electron chi connectivity index (χ4n) is 3.76. The Labute approximate surface area is 189 Å². The number of furan rings is 1. The van der Waals surface area contributed by atoms with Crippen molar-refractivity contribution >= 4 is 34.2 Å². The van der Waals surface area contributed by atoms with Crippen LogP contribution in [0.15, 0.2) is 71.3 Å². The molecule has 1 atom stereocenters. The quantitative estimate of drug-likeness (QED) is 0.494. The molecule has 30 heavy (non-hydrogen) atoms. The first-order valence-corrected chi connectivity index (χ1v) is 11.0. The van der Waals surface area contributed by atoms with Crippen molar-refractivity contribution in [1.29, 1.82) is 0 Å². The summed E-state index contributed by atoms with van der Waals surface area (Å²) >= 11 is 2.18. The lowest BCUT2D eigenvalue weighted by atomic mass is 10.1. The molecule has 1 fully saturated rings. The first-order valence-electron chi connectivity index (χ1n) is 9.92. The molecule has 0 bridgehead atoms. The largest absolute Gasteiger partial charge is 0.468 e. The molecule has 7 heteroatoms. The van der Waals surface area contributed by atoms with Crippen molar-refractivity contribution in [3.8, 4) is 0 Å². The van der Waals surface area contributed by atoms with Crippen molar-refractivity contribution in [2.75, 3.05) is 37.6 Å². The lowest BCUT2D eigenvalue weighted by molar-refractivity contribution is 0.0922. The number of halogens is 2. The Balaban J connectivity index is 1.41. The van der Waals surface area contributed by atoms with Gasteiger partial charge in [0.15, 0.2) is 0 Å². The van der Waals surface area contributed by atoms with Gasteiger partial charge in [0.25, 0.3) is 5.91 Å². The van der Waals surface area contributed by atoms with E-state index in [9.17, 15) is 9.18 Å². The molecule has 1 aromatic heterocycles. The third-order valence-electron chi connectivity index (χ3n) is 5.39. The van der Waals surface area contributed by atoms with Crippen LogP contribution >= 0.6 is 22.6 Å². The van der Waals surface area contributed by atoms with E-state index in [0.717, 1.165) is 41.2 Å². The molecule has 1 aliphatic rings. The average molecular weight is 519 g/mol. The van der Waals surface area contributed by atoms with E-state index in [4.69, 9.17) is 4.42 Å². The minimum atomic E-state index is -0.223. The highest BCUT2D eigenvalue weighted by Crippen LogP contribution is 2.25. The predicted octanol–water partition coefficient (Wildman–Crippen LogP) is 4.32. The van der Waals surface area contributed by atoms with Gasteiger partial charge in [0.05, 0.1) is 17.9 Å². The second-order valence-electron chi connectivity index (χ2n) is 7.22. The molecule has 2 aromatic carbocycles. The minimum absolute atomic E-state index is 0.0410. The summed E-state index contributed by atoms with van der Waals surface area (Å²) in [7, 11) is 0. The van der Waals surface area contributed by atoms with Crippen LogP contribution in [-0.2, 0) is 0 Å². The average Bonchev–Trinajstić information content (AvgIpc) is 3.30. The molecule has 0 radical (unpaired) electrons. The van der Waals surface area contributed by atoms with Crippen LogP contribution in [-0.4, -0.2) is 43.5 Å². The standard InChI is InChI=1S/C23H23FIN3O2/c24-17-7-9-18(10-8-17)27-11-13-28(14-12-27)21(22-6-3-15-30-22)16-26-23(29)19-4-1-2-5-20(19)25/h1-10,15,21H,11-14,16H2,(H,26,29). The maximum atomic E-state index is 13.2. The predicted molar refractivity (Wildman–Crippen MR) is 123 cm³/mol. The molecule has 0 saturated carbocycles. The highest BCUT2D eigenvalue weighted by Gasteiger charge is 2.27. The minimum Gasteiger partial charge on any atom is -0.468 e. The van der Waals surface area contributed by atoms with Crippen LogP contribution in [0.1, 0.15) is 22.2 Å². The maximum Gasteiger partial charge on any atom is 0.252 e. The Morgan fingerprint density at radius 2 is 1.77 bits per heavy atom. The molecule has 3 aromatic rings. The van der Waals surface area contributed by atoms with Gasteiger partial charge in [0.1, 0.15) is 11.6 Å². The number of benzene rings is 2. The van der Waals surface area contributed by atoms with Gasteiger partial charge in [-0.15, -0.1) is 0 Å². The van der Waals surface area contributed by atoms with E-state index in [2.05, 4.69) is 37.7 Å². The Morgan fingerprint density at radius 1 is 1.03 bits per heavy atom. The molecule has 0 spiro atoms. The molecule has 2 heterocycles. The summed E-state index contributed by atoms with van der Waals surface area (Å²) in [5, 5.41) is 3.07. The maximum absolute atomic E-state index is 13.2. The first-order chi connectivity index (χ1) is 14.6. The lowest BCUT2D eigenvalue weighted by Crippen LogP contribution is -2.49. The summed E-state index contributed by atoms with van der Waals surface area (Å²) in [5.41, 5.74) is 1.70. The summed E-state index contributed by atoms with van der Waals surface area (Å²) in [5.74, 6) is 0.536. The number of piperazine rings is 1. The molecule has 1 amide bonds. The molecule has 1 N–H and O–H groups in total. The van der Waals surface area contributed by atoms with E-state index in [1.165, 1.54) is 12.1 Å². The number of hydrogen-bond acceptors (Lipinski definition) is 4. The van der Waals surface area contributed by atoms with Gasteiger partial charge >= 0.3 is 0 Å². The monoisotopic (exact) mass is 519 g/mol. The second kappa shape index (κ2) is 9.61. The molecule has 1 unspecified atom stereocenters. The zero-order valence-corrected chi connectivity index (χ0v) is 18.6. The number of carbonyl (C=O) groups excluding carboxylic acids is 1. The summed E-state index contributed by atoms with van der Waals surface area (Å²) in [6.45, 7) is 3.76. The van der Waals surface area contributed by atoms with Gasteiger partial charge in [-0.2, -0.15) is 0 Å². The smallest absolute Gasteiger partial charge is 0.252 e. The van der Waals surface area contributed by atoms with E-state index in [1.54, 1.807) is 6.26 Å². The van der Waals surface area contributed by atoms with Crippen molar-refractivity contribution in [2.45, 2.75) is 6.04 Å². The van der Waals surface area contributed by atoms with E-state index < -0.39 is 0 Å². The second-order valence-corrected chi connectivity index (χ2v) is 8.38. The number of amides is 1. The van der Waals surface area contributed by atoms with Gasteiger partial charge in [-0.3, -0.25) is 9.69 Å². The van der Waals surface area contributed by atoms with Gasteiger partial charge in [-0.25, -0.2) is 4.39 Å². The topological polar surface area (TPSA) is 48.7 Å². The number of carbonyl (C=O) groups is 1. The fourth-order valence-corrected chi connectivity index (χ4v) is 4.40. The van der Waals surface area contributed by atoms with E-state index in [-0.39, 0.29) is 17.8 Å². The summed E-state index contributed by atoms with van der Waals surface area (Å²) in [6.07, 6.45) is 1.67. The molecule has 156 valence electrons. The summed E-state index contributed by atoms with van der Waals surface area (Å²) in [6, 6.07) is 18.0. The zero-order chi connectivity index (χ0) is 20.9. The Hall–Kier alpha value is -2.39. The van der Waals surface area contributed by atoms with Crippen LogP contribution in [0.3, 0.4) is 0 Å². The third-order valence-corrected chi connectivity index (χ3v) is 6.33. The van der Waals surface area contributed by atoms with E-state index >= 15 is 0 Å². The van der Waals surface area contributed by atoms with Crippen LogP contribution in [0.2, 0.25) is 0 Å². The van der Waals surface area contributed by atoms with Gasteiger partial charge < -0.3 is 14.6 Å². The summed E-state index contributed by atoms with van der Waals surface area (Å²) < 4.78 is 19.8. The van der Waals surface area contributed by atoms with E-state index in [1.807, 2.05) is 48.5 Å². The molecule has 5 nitrogen and oxygen atoms in total. The van der Waals surface area contributed by atoms with Crippen LogP contribution in [0, 0.1) is 9.39 Å². The fraction of sp³-hybridized carbons (Fsp3) is 0.261. The van der Waals surface area contributed by atoms with Crippen molar-refractivity contribution in [3.05, 3.63) is 87.6 Å². The Bertz CT molecular complexity index is 970. The lowest BCUT2D eigenvalue weighted by Gasteiger charge is -2.39. The highest BCUT2D eigenvalue weighted by molar-refractivity contribution is 14.1. The molecule has 4 rings (SSSR count). The van der Waals surface area contributed by atoms with Crippen molar-refractivity contribution < 1.29 is 13.6 Å². The molecular weight excluding hydrogens is 496 g/mol.